The van der Waals surface area contributed by atoms with Gasteiger partial charge < -0.3 is 20.0 Å². The third-order valence-electron chi connectivity index (χ3n) is 5.00. The van der Waals surface area contributed by atoms with Crippen LogP contribution in [0.2, 0.25) is 0 Å². The molecule has 1 saturated heterocycles. The van der Waals surface area contributed by atoms with E-state index in [1.165, 1.54) is 15.4 Å². The van der Waals surface area contributed by atoms with Crippen LogP contribution in [0.3, 0.4) is 0 Å². The molecule has 7 nitrogen and oxygen atoms in total. The van der Waals surface area contributed by atoms with Gasteiger partial charge in [-0.1, -0.05) is 37.3 Å². The second-order valence-electron chi connectivity index (χ2n) is 7.67. The van der Waals surface area contributed by atoms with Crippen molar-refractivity contribution in [2.45, 2.75) is 18.8 Å². The zero-order valence-electron chi connectivity index (χ0n) is 17.4. The third-order valence-corrected chi connectivity index (χ3v) is 5.00. The first kappa shape index (κ1) is 24.2. The van der Waals surface area contributed by atoms with Crippen molar-refractivity contribution in [1.29, 1.82) is 0 Å². The highest BCUT2D eigenvalue weighted by Crippen LogP contribution is 2.33. The number of rotatable bonds is 5. The van der Waals surface area contributed by atoms with E-state index in [4.69, 9.17) is 0 Å². The van der Waals surface area contributed by atoms with Crippen molar-refractivity contribution in [3.63, 3.8) is 0 Å². The maximum absolute atomic E-state index is 12.0. The summed E-state index contributed by atoms with van der Waals surface area (Å²) in [5, 5.41) is 3.14. The summed E-state index contributed by atoms with van der Waals surface area (Å²) < 4.78 is 0. The van der Waals surface area contributed by atoms with E-state index in [1.54, 1.807) is 28.2 Å². The van der Waals surface area contributed by atoms with Crippen molar-refractivity contribution in [3.8, 4) is 0 Å². The van der Waals surface area contributed by atoms with Crippen LogP contribution in [0.15, 0.2) is 35.3 Å². The smallest absolute Gasteiger partial charge is 0.243 e. The average Bonchev–Trinajstić information content (AvgIpc) is 3.05. The molecule has 28 heavy (non-hydrogen) atoms. The average molecular weight is 501 g/mol. The fraction of sp³-hybridized carbons (Fsp3) is 0.550. The molecule has 1 aromatic rings. The lowest BCUT2D eigenvalue weighted by Crippen LogP contribution is -2.45. The summed E-state index contributed by atoms with van der Waals surface area (Å²) >= 11 is 0. The van der Waals surface area contributed by atoms with E-state index in [0.717, 1.165) is 19.5 Å². The molecule has 0 aliphatic carbocycles. The molecule has 0 spiro atoms. The molecule has 0 bridgehead atoms. The number of carbonyl (C=O) groups excluding carboxylic acids is 2. The summed E-state index contributed by atoms with van der Waals surface area (Å²) in [5.41, 5.74) is 1.31. The van der Waals surface area contributed by atoms with Crippen LogP contribution < -0.4 is 5.32 Å². The molecule has 1 fully saturated rings. The Morgan fingerprint density at radius 2 is 1.71 bits per heavy atom. The quantitative estimate of drug-likeness (QED) is 0.376. The van der Waals surface area contributed by atoms with Gasteiger partial charge in [0.05, 0.1) is 6.54 Å². The SMILES string of the molecule is CN(C)C(=O)CN=C(NCC(=O)N(C)C)N1CCC(C)(c2ccccc2)C1.I. The van der Waals surface area contributed by atoms with E-state index in [0.29, 0.717) is 5.96 Å². The number of aliphatic imine (C=N–C) groups is 1. The molecule has 1 aliphatic rings. The molecule has 1 aromatic carbocycles. The predicted octanol–water partition coefficient (Wildman–Crippen LogP) is 1.39. The van der Waals surface area contributed by atoms with E-state index in [-0.39, 0.29) is 54.3 Å². The molecule has 1 atom stereocenters. The van der Waals surface area contributed by atoms with Crippen LogP contribution in [0, 0.1) is 0 Å². The van der Waals surface area contributed by atoms with Gasteiger partial charge >= 0.3 is 0 Å². The van der Waals surface area contributed by atoms with Gasteiger partial charge in [0.1, 0.15) is 6.54 Å². The first-order valence-electron chi connectivity index (χ1n) is 9.22. The van der Waals surface area contributed by atoms with Gasteiger partial charge in [-0.2, -0.15) is 0 Å². The van der Waals surface area contributed by atoms with Gasteiger partial charge in [-0.15, -0.1) is 24.0 Å². The highest BCUT2D eigenvalue weighted by Gasteiger charge is 2.36. The Morgan fingerprint density at radius 1 is 1.11 bits per heavy atom. The van der Waals surface area contributed by atoms with E-state index >= 15 is 0 Å². The van der Waals surface area contributed by atoms with Crippen molar-refractivity contribution in [2.24, 2.45) is 4.99 Å². The van der Waals surface area contributed by atoms with Gasteiger partial charge in [-0.25, -0.2) is 4.99 Å². The van der Waals surface area contributed by atoms with E-state index in [9.17, 15) is 9.59 Å². The maximum atomic E-state index is 12.0. The molecule has 0 saturated carbocycles. The predicted molar refractivity (Wildman–Crippen MR) is 123 cm³/mol. The number of amides is 2. The summed E-state index contributed by atoms with van der Waals surface area (Å²) in [6.07, 6.45) is 0.987. The van der Waals surface area contributed by atoms with Crippen LogP contribution in [0.1, 0.15) is 18.9 Å². The minimum Gasteiger partial charge on any atom is -0.347 e. The number of carbonyl (C=O) groups is 2. The molecular formula is C20H32IN5O2. The first-order chi connectivity index (χ1) is 12.7. The lowest BCUT2D eigenvalue weighted by molar-refractivity contribution is -0.127. The number of likely N-dealkylation sites (N-methyl/N-ethyl adjacent to an activating group) is 2. The topological polar surface area (TPSA) is 68.2 Å². The Hall–Kier alpha value is -1.84. The lowest BCUT2D eigenvalue weighted by atomic mass is 9.82. The summed E-state index contributed by atoms with van der Waals surface area (Å²) in [7, 11) is 6.86. The highest BCUT2D eigenvalue weighted by molar-refractivity contribution is 14.0. The normalized spacial score (nSPS) is 19.0. The molecule has 1 N–H and O–H groups in total. The molecule has 2 rings (SSSR count). The van der Waals surface area contributed by atoms with Gasteiger partial charge in [0.2, 0.25) is 11.8 Å². The van der Waals surface area contributed by atoms with Crippen LogP contribution in [0.5, 0.6) is 0 Å². The molecular weight excluding hydrogens is 469 g/mol. The number of benzene rings is 1. The maximum Gasteiger partial charge on any atom is 0.243 e. The fourth-order valence-electron chi connectivity index (χ4n) is 3.08. The number of hydrogen-bond donors (Lipinski definition) is 1. The Bertz CT molecular complexity index is 693. The number of hydrogen-bond acceptors (Lipinski definition) is 3. The third kappa shape index (κ3) is 6.35. The number of halogens is 1. The number of nitrogens with one attached hydrogen (secondary N) is 1. The Kier molecular flexibility index (Phi) is 9.19. The Labute approximate surface area is 185 Å². The molecule has 156 valence electrons. The second-order valence-corrected chi connectivity index (χ2v) is 7.67. The largest absolute Gasteiger partial charge is 0.347 e. The lowest BCUT2D eigenvalue weighted by Gasteiger charge is -2.27. The molecule has 0 radical (unpaired) electrons. The van der Waals surface area contributed by atoms with Crippen molar-refractivity contribution >= 4 is 41.8 Å². The fourth-order valence-corrected chi connectivity index (χ4v) is 3.08. The van der Waals surface area contributed by atoms with Crippen LogP contribution in [0.25, 0.3) is 0 Å². The minimum absolute atomic E-state index is 0. The Balaban J connectivity index is 0.00000392. The van der Waals surface area contributed by atoms with Crippen LogP contribution in [-0.4, -0.2) is 86.8 Å². The molecule has 0 aromatic heterocycles. The zero-order valence-corrected chi connectivity index (χ0v) is 19.8. The zero-order chi connectivity index (χ0) is 20.0. The molecule has 8 heteroatoms. The molecule has 1 heterocycles. The van der Waals surface area contributed by atoms with Crippen molar-refractivity contribution in [2.75, 3.05) is 54.4 Å². The van der Waals surface area contributed by atoms with Crippen molar-refractivity contribution in [3.05, 3.63) is 35.9 Å². The van der Waals surface area contributed by atoms with Crippen LogP contribution in [-0.2, 0) is 15.0 Å². The number of guanidine groups is 1. The monoisotopic (exact) mass is 501 g/mol. The van der Waals surface area contributed by atoms with Crippen LogP contribution in [0.4, 0.5) is 0 Å². The number of likely N-dealkylation sites (tertiary alicyclic amines) is 1. The summed E-state index contributed by atoms with van der Waals surface area (Å²) in [6, 6.07) is 10.4. The van der Waals surface area contributed by atoms with Gasteiger partial charge in [0.25, 0.3) is 0 Å². The highest BCUT2D eigenvalue weighted by atomic mass is 127. The summed E-state index contributed by atoms with van der Waals surface area (Å²) in [5.74, 6) is 0.505. The molecule has 1 aliphatic heterocycles. The first-order valence-corrected chi connectivity index (χ1v) is 9.22. The minimum atomic E-state index is -0.0711. The molecule has 2 amide bonds. The number of nitrogens with zero attached hydrogens (tertiary/aromatic N) is 4. The van der Waals surface area contributed by atoms with Gasteiger partial charge in [-0.05, 0) is 12.0 Å². The van der Waals surface area contributed by atoms with E-state index < -0.39 is 0 Å². The van der Waals surface area contributed by atoms with E-state index in [2.05, 4.69) is 46.4 Å². The van der Waals surface area contributed by atoms with Gasteiger partial charge in [0.15, 0.2) is 5.96 Å². The summed E-state index contributed by atoms with van der Waals surface area (Å²) in [6.45, 7) is 4.07. The van der Waals surface area contributed by atoms with E-state index in [1.807, 2.05) is 6.07 Å². The van der Waals surface area contributed by atoms with Crippen molar-refractivity contribution in [1.82, 2.24) is 20.0 Å². The van der Waals surface area contributed by atoms with Crippen molar-refractivity contribution < 1.29 is 9.59 Å². The van der Waals surface area contributed by atoms with Crippen LogP contribution >= 0.6 is 24.0 Å². The standard InChI is InChI=1S/C20H31N5O2.HI/c1-20(16-9-7-6-8-10-16)11-12-25(15-20)19(21-13-17(26)23(2)3)22-14-18(27)24(4)5;/h6-10H,11-15H2,1-5H3,(H,21,22);1H. The van der Waals surface area contributed by atoms with Gasteiger partial charge in [-0.3, -0.25) is 9.59 Å². The Morgan fingerprint density at radius 3 is 2.29 bits per heavy atom. The molecule has 1 unspecified atom stereocenters. The van der Waals surface area contributed by atoms with Gasteiger partial charge in [0, 0.05) is 46.7 Å². The second kappa shape index (κ2) is 10.6. The summed E-state index contributed by atoms with van der Waals surface area (Å²) in [4.78, 5) is 33.6.